The lowest BCUT2D eigenvalue weighted by Crippen LogP contribution is -2.59. The topological polar surface area (TPSA) is 78.4 Å². The maximum atomic E-state index is 12.0. The van der Waals surface area contributed by atoms with E-state index in [1.54, 1.807) is 6.92 Å². The molecule has 0 aromatic rings. The molecule has 1 aliphatic heterocycles. The van der Waals surface area contributed by atoms with Gasteiger partial charge in [-0.25, -0.2) is 4.79 Å². The number of carboxylic acids is 1. The van der Waals surface area contributed by atoms with Gasteiger partial charge in [-0.05, 0) is 32.7 Å². The number of piperidine rings is 1. The van der Waals surface area contributed by atoms with E-state index >= 15 is 0 Å². The van der Waals surface area contributed by atoms with Crippen molar-refractivity contribution in [1.29, 1.82) is 0 Å². The van der Waals surface area contributed by atoms with E-state index in [4.69, 9.17) is 11.5 Å². The zero-order valence-corrected chi connectivity index (χ0v) is 9.95. The highest BCUT2D eigenvalue weighted by Crippen LogP contribution is 2.19. The van der Waals surface area contributed by atoms with E-state index in [-0.39, 0.29) is 12.3 Å². The quantitative estimate of drug-likeness (QED) is 0.607. The average molecular weight is 238 g/mol. The van der Waals surface area contributed by atoms with E-state index in [9.17, 15) is 9.59 Å². The average Bonchev–Trinajstić information content (AvgIpc) is 2.29. The van der Waals surface area contributed by atoms with E-state index in [1.807, 2.05) is 0 Å². The number of nitrogens with one attached hydrogen (secondary N) is 2. The molecule has 0 aliphatic carbocycles. The molecular formula is C12H18N2O3. The molecule has 17 heavy (non-hydrogen) atoms. The van der Waals surface area contributed by atoms with Crippen LogP contribution >= 0.6 is 0 Å². The van der Waals surface area contributed by atoms with E-state index < -0.39 is 17.6 Å². The van der Waals surface area contributed by atoms with Gasteiger partial charge in [0.25, 0.3) is 0 Å². The van der Waals surface area contributed by atoms with E-state index in [1.165, 1.54) is 0 Å². The molecule has 3 N–H and O–H groups in total. The lowest BCUT2D eigenvalue weighted by atomic mass is 9.89. The van der Waals surface area contributed by atoms with Crippen LogP contribution in [0.25, 0.3) is 0 Å². The summed E-state index contributed by atoms with van der Waals surface area (Å²) in [4.78, 5) is 22.9. The molecule has 0 radical (unpaired) electrons. The Balaban J connectivity index is 2.63. The number of terminal acetylenes is 1. The van der Waals surface area contributed by atoms with E-state index in [0.29, 0.717) is 6.42 Å². The molecule has 2 atom stereocenters. The van der Waals surface area contributed by atoms with E-state index in [2.05, 4.69) is 16.6 Å². The SMILES string of the molecule is C#CCC(NC(=O)C1(C)CCCCN1)C(=O)O. The zero-order valence-electron chi connectivity index (χ0n) is 9.95. The summed E-state index contributed by atoms with van der Waals surface area (Å²) in [5.41, 5.74) is -0.680. The monoisotopic (exact) mass is 238 g/mol. The number of carboxylic acid groups (broad SMARTS) is 1. The molecule has 1 rings (SSSR count). The molecule has 0 aromatic carbocycles. The lowest BCUT2D eigenvalue weighted by molar-refractivity contribution is -0.142. The molecule has 0 bridgehead atoms. The van der Waals surface area contributed by atoms with Gasteiger partial charge in [-0.15, -0.1) is 12.3 Å². The van der Waals surface area contributed by atoms with Crippen molar-refractivity contribution in [2.75, 3.05) is 6.54 Å². The van der Waals surface area contributed by atoms with Crippen molar-refractivity contribution in [2.24, 2.45) is 0 Å². The summed E-state index contributed by atoms with van der Waals surface area (Å²) < 4.78 is 0. The van der Waals surface area contributed by atoms with Crippen LogP contribution in [-0.2, 0) is 9.59 Å². The highest BCUT2D eigenvalue weighted by Gasteiger charge is 2.36. The summed E-state index contributed by atoms with van der Waals surface area (Å²) in [6, 6.07) is -1.01. The van der Waals surface area contributed by atoms with Gasteiger partial charge in [-0.1, -0.05) is 0 Å². The van der Waals surface area contributed by atoms with Gasteiger partial charge in [-0.2, -0.15) is 0 Å². The summed E-state index contributed by atoms with van der Waals surface area (Å²) in [6.07, 6.45) is 7.78. The lowest BCUT2D eigenvalue weighted by Gasteiger charge is -2.34. The summed E-state index contributed by atoms with van der Waals surface area (Å²) >= 11 is 0. The van der Waals surface area contributed by atoms with Crippen LogP contribution in [-0.4, -0.2) is 35.1 Å². The molecule has 0 aromatic heterocycles. The second-order valence-corrected chi connectivity index (χ2v) is 4.49. The number of rotatable bonds is 4. The number of aliphatic carboxylic acids is 1. The van der Waals surface area contributed by atoms with Gasteiger partial charge >= 0.3 is 5.97 Å². The van der Waals surface area contributed by atoms with Gasteiger partial charge in [0.1, 0.15) is 6.04 Å². The first-order chi connectivity index (χ1) is 7.99. The Morgan fingerprint density at radius 3 is 2.76 bits per heavy atom. The fourth-order valence-corrected chi connectivity index (χ4v) is 1.89. The first-order valence-corrected chi connectivity index (χ1v) is 5.72. The highest BCUT2D eigenvalue weighted by molar-refractivity contribution is 5.90. The minimum Gasteiger partial charge on any atom is -0.480 e. The Hall–Kier alpha value is -1.54. The highest BCUT2D eigenvalue weighted by atomic mass is 16.4. The predicted octanol–water partition coefficient (Wildman–Crippen LogP) is 0.111. The van der Waals surface area contributed by atoms with Crippen molar-refractivity contribution in [2.45, 2.75) is 44.2 Å². The maximum Gasteiger partial charge on any atom is 0.327 e. The largest absolute Gasteiger partial charge is 0.480 e. The third-order valence-corrected chi connectivity index (χ3v) is 3.05. The molecule has 1 fully saturated rings. The fraction of sp³-hybridized carbons (Fsp3) is 0.667. The van der Waals surface area contributed by atoms with Crippen LogP contribution < -0.4 is 10.6 Å². The standard InChI is InChI=1S/C12H18N2O3/c1-3-6-9(10(15)16)14-11(17)12(2)7-4-5-8-13-12/h1,9,13H,4-8H2,2H3,(H,14,17)(H,15,16). The van der Waals surface area contributed by atoms with Gasteiger partial charge in [0.2, 0.25) is 5.91 Å². The molecule has 1 saturated heterocycles. The summed E-state index contributed by atoms with van der Waals surface area (Å²) in [5.74, 6) is 0.861. The molecule has 1 amide bonds. The molecule has 1 heterocycles. The number of carbonyl (C=O) groups is 2. The van der Waals surface area contributed by atoms with Gasteiger partial charge in [-0.3, -0.25) is 4.79 Å². The summed E-state index contributed by atoms with van der Waals surface area (Å²) in [5, 5.41) is 14.5. The van der Waals surface area contributed by atoms with Crippen molar-refractivity contribution in [3.05, 3.63) is 0 Å². The van der Waals surface area contributed by atoms with Crippen molar-refractivity contribution >= 4 is 11.9 Å². The minimum absolute atomic E-state index is 0.00282. The number of amides is 1. The molecule has 5 heteroatoms. The van der Waals surface area contributed by atoms with Crippen molar-refractivity contribution in [1.82, 2.24) is 10.6 Å². The van der Waals surface area contributed by atoms with E-state index in [0.717, 1.165) is 19.4 Å². The smallest absolute Gasteiger partial charge is 0.327 e. The second kappa shape index (κ2) is 5.69. The van der Waals surface area contributed by atoms with Gasteiger partial charge < -0.3 is 15.7 Å². The Morgan fingerprint density at radius 2 is 2.29 bits per heavy atom. The zero-order chi connectivity index (χ0) is 12.9. The molecule has 5 nitrogen and oxygen atoms in total. The van der Waals surface area contributed by atoms with Gasteiger partial charge in [0.05, 0.1) is 5.54 Å². The Labute approximate surface area is 101 Å². The first-order valence-electron chi connectivity index (χ1n) is 5.72. The third-order valence-electron chi connectivity index (χ3n) is 3.05. The Kier molecular flexibility index (Phi) is 4.53. The van der Waals surface area contributed by atoms with Crippen LogP contribution in [0.3, 0.4) is 0 Å². The van der Waals surface area contributed by atoms with Crippen LogP contribution in [0.4, 0.5) is 0 Å². The second-order valence-electron chi connectivity index (χ2n) is 4.49. The van der Waals surface area contributed by atoms with Crippen LogP contribution in [0.2, 0.25) is 0 Å². The number of hydrogen-bond acceptors (Lipinski definition) is 3. The Morgan fingerprint density at radius 1 is 1.59 bits per heavy atom. The fourth-order valence-electron chi connectivity index (χ4n) is 1.89. The molecular weight excluding hydrogens is 220 g/mol. The summed E-state index contributed by atoms with van der Waals surface area (Å²) in [7, 11) is 0. The van der Waals surface area contributed by atoms with Crippen LogP contribution in [0, 0.1) is 12.3 Å². The molecule has 94 valence electrons. The minimum atomic E-state index is -1.10. The van der Waals surface area contributed by atoms with Crippen LogP contribution in [0.15, 0.2) is 0 Å². The number of hydrogen-bond donors (Lipinski definition) is 3. The van der Waals surface area contributed by atoms with Gasteiger partial charge in [0, 0.05) is 6.42 Å². The van der Waals surface area contributed by atoms with Crippen LogP contribution in [0.5, 0.6) is 0 Å². The van der Waals surface area contributed by atoms with Crippen LogP contribution in [0.1, 0.15) is 32.6 Å². The van der Waals surface area contributed by atoms with Crippen molar-refractivity contribution in [3.63, 3.8) is 0 Å². The van der Waals surface area contributed by atoms with Crippen molar-refractivity contribution in [3.8, 4) is 12.3 Å². The normalized spacial score (nSPS) is 25.6. The molecule has 2 unspecified atom stereocenters. The molecule has 0 spiro atoms. The first kappa shape index (κ1) is 13.5. The molecule has 1 aliphatic rings. The van der Waals surface area contributed by atoms with Gasteiger partial charge in [0.15, 0.2) is 0 Å². The molecule has 0 saturated carbocycles. The summed E-state index contributed by atoms with van der Waals surface area (Å²) in [6.45, 7) is 2.56. The predicted molar refractivity (Wildman–Crippen MR) is 63.3 cm³/mol. The maximum absolute atomic E-state index is 12.0. The van der Waals surface area contributed by atoms with Crippen molar-refractivity contribution < 1.29 is 14.7 Å². The Bertz CT molecular complexity index is 340. The number of carbonyl (C=O) groups excluding carboxylic acids is 1. The third kappa shape index (κ3) is 3.46.